The van der Waals surface area contributed by atoms with Crippen molar-refractivity contribution < 1.29 is 22.7 Å². The number of carbonyl (C=O) groups is 1. The van der Waals surface area contributed by atoms with Crippen LogP contribution in [0.2, 0.25) is 0 Å². The van der Waals surface area contributed by atoms with Crippen molar-refractivity contribution >= 4 is 21.6 Å². The third-order valence-electron chi connectivity index (χ3n) is 4.82. The molecule has 0 unspecified atom stereocenters. The van der Waals surface area contributed by atoms with E-state index in [9.17, 15) is 13.2 Å². The molecule has 174 valence electrons. The molecule has 0 aliphatic heterocycles. The molecule has 0 spiro atoms. The zero-order chi connectivity index (χ0) is 23.8. The van der Waals surface area contributed by atoms with Crippen LogP contribution in [0.1, 0.15) is 12.5 Å². The van der Waals surface area contributed by atoms with Gasteiger partial charge >= 0.3 is 0 Å². The van der Waals surface area contributed by atoms with Crippen molar-refractivity contribution in [1.29, 1.82) is 0 Å². The fraction of sp³-hybridized carbons (Fsp3) is 0.240. The van der Waals surface area contributed by atoms with E-state index in [0.29, 0.717) is 23.8 Å². The predicted molar refractivity (Wildman–Crippen MR) is 128 cm³/mol. The second kappa shape index (κ2) is 11.0. The van der Waals surface area contributed by atoms with E-state index in [1.165, 1.54) is 19.2 Å². The number of sulfonamides is 1. The van der Waals surface area contributed by atoms with Gasteiger partial charge in [-0.3, -0.25) is 9.10 Å². The summed E-state index contributed by atoms with van der Waals surface area (Å²) >= 11 is 0. The Labute approximate surface area is 195 Å². The molecule has 0 bridgehead atoms. The minimum Gasteiger partial charge on any atom is -0.457 e. The lowest BCUT2D eigenvalue weighted by Crippen LogP contribution is -2.44. The second-order valence-corrected chi connectivity index (χ2v) is 9.52. The SMILES string of the molecule is COC[C@H](C)NC(=O)CN(c1ccc(Oc2ccccc2)cc1)S(=O)(=O)c1ccc(C)cc1. The third-order valence-corrected chi connectivity index (χ3v) is 6.61. The van der Waals surface area contributed by atoms with Gasteiger partial charge in [0.05, 0.1) is 17.2 Å². The van der Waals surface area contributed by atoms with Crippen LogP contribution in [0.5, 0.6) is 11.5 Å². The molecule has 0 saturated carbocycles. The Morgan fingerprint density at radius 3 is 2.15 bits per heavy atom. The largest absolute Gasteiger partial charge is 0.457 e. The van der Waals surface area contributed by atoms with E-state index in [1.807, 2.05) is 37.3 Å². The summed E-state index contributed by atoms with van der Waals surface area (Å²) in [6, 6.07) is 22.1. The number of carbonyl (C=O) groups excluding carboxylic acids is 1. The molecule has 1 atom stereocenters. The normalized spacial score (nSPS) is 12.1. The predicted octanol–water partition coefficient (Wildman–Crippen LogP) is 4.13. The fourth-order valence-corrected chi connectivity index (χ4v) is 4.62. The Hall–Kier alpha value is -3.36. The summed E-state index contributed by atoms with van der Waals surface area (Å²) in [6.45, 7) is 3.62. The number of ether oxygens (including phenoxy) is 2. The van der Waals surface area contributed by atoms with Crippen LogP contribution in [0.3, 0.4) is 0 Å². The maximum absolute atomic E-state index is 13.5. The van der Waals surface area contributed by atoms with Gasteiger partial charge in [-0.25, -0.2) is 8.42 Å². The summed E-state index contributed by atoms with van der Waals surface area (Å²) in [7, 11) is -2.45. The maximum atomic E-state index is 13.5. The number of hydrogen-bond donors (Lipinski definition) is 1. The summed E-state index contributed by atoms with van der Waals surface area (Å²) in [4.78, 5) is 12.8. The standard InChI is InChI=1S/C25H28N2O5S/c1-19-9-15-24(16-10-19)33(29,30)27(17-25(28)26-20(2)18-31-3)21-11-13-23(14-12-21)32-22-7-5-4-6-8-22/h4-16,20H,17-18H2,1-3H3,(H,26,28)/t20-/m0/s1. The minimum absolute atomic E-state index is 0.107. The molecule has 3 aromatic rings. The first-order valence-electron chi connectivity index (χ1n) is 10.5. The van der Waals surface area contributed by atoms with Crippen LogP contribution < -0.4 is 14.4 Å². The highest BCUT2D eigenvalue weighted by molar-refractivity contribution is 7.92. The van der Waals surface area contributed by atoms with E-state index in [2.05, 4.69) is 5.32 Å². The van der Waals surface area contributed by atoms with Crippen LogP contribution in [-0.4, -0.2) is 40.6 Å². The first-order chi connectivity index (χ1) is 15.8. The molecule has 0 aromatic heterocycles. The van der Waals surface area contributed by atoms with Gasteiger partial charge in [0.1, 0.15) is 18.0 Å². The fourth-order valence-electron chi connectivity index (χ4n) is 3.20. The molecular weight excluding hydrogens is 440 g/mol. The number of aryl methyl sites for hydroxylation is 1. The molecule has 7 nitrogen and oxygen atoms in total. The van der Waals surface area contributed by atoms with Crippen LogP contribution in [-0.2, 0) is 19.6 Å². The van der Waals surface area contributed by atoms with Gasteiger partial charge in [-0.2, -0.15) is 0 Å². The highest BCUT2D eigenvalue weighted by atomic mass is 32.2. The number of rotatable bonds is 10. The Morgan fingerprint density at radius 1 is 0.939 bits per heavy atom. The zero-order valence-electron chi connectivity index (χ0n) is 18.9. The van der Waals surface area contributed by atoms with Gasteiger partial charge in [0.25, 0.3) is 10.0 Å². The van der Waals surface area contributed by atoms with Crippen LogP contribution in [0.25, 0.3) is 0 Å². The number of methoxy groups -OCH3 is 1. The Kier molecular flexibility index (Phi) is 8.08. The number of anilines is 1. The molecule has 1 amide bonds. The Morgan fingerprint density at radius 2 is 1.55 bits per heavy atom. The van der Waals surface area contributed by atoms with E-state index in [-0.39, 0.29) is 17.5 Å². The molecule has 33 heavy (non-hydrogen) atoms. The molecule has 0 heterocycles. The Bertz CT molecular complexity index is 1150. The zero-order valence-corrected chi connectivity index (χ0v) is 19.7. The smallest absolute Gasteiger partial charge is 0.264 e. The Balaban J connectivity index is 1.89. The van der Waals surface area contributed by atoms with Gasteiger partial charge in [0.15, 0.2) is 0 Å². The second-order valence-electron chi connectivity index (χ2n) is 7.66. The third kappa shape index (κ3) is 6.57. The van der Waals surface area contributed by atoms with Crippen molar-refractivity contribution in [3.63, 3.8) is 0 Å². The lowest BCUT2D eigenvalue weighted by molar-refractivity contribution is -0.120. The average molecular weight is 469 g/mol. The molecule has 0 aliphatic carbocycles. The highest BCUT2D eigenvalue weighted by Crippen LogP contribution is 2.28. The molecule has 8 heteroatoms. The molecule has 0 saturated heterocycles. The van der Waals surface area contributed by atoms with Gasteiger partial charge in [0, 0.05) is 13.2 Å². The van der Waals surface area contributed by atoms with Crippen molar-refractivity contribution in [3.8, 4) is 11.5 Å². The summed E-state index contributed by atoms with van der Waals surface area (Å²) in [5, 5.41) is 2.76. The molecular formula is C25H28N2O5S. The number of nitrogens with one attached hydrogen (secondary N) is 1. The number of nitrogens with zero attached hydrogens (tertiary/aromatic N) is 1. The van der Waals surface area contributed by atoms with Gasteiger partial charge in [-0.15, -0.1) is 0 Å². The highest BCUT2D eigenvalue weighted by Gasteiger charge is 2.27. The van der Waals surface area contributed by atoms with Crippen molar-refractivity contribution in [2.24, 2.45) is 0 Å². The van der Waals surface area contributed by atoms with E-state index in [0.717, 1.165) is 9.87 Å². The van der Waals surface area contributed by atoms with Crippen LogP contribution >= 0.6 is 0 Å². The first-order valence-corrected chi connectivity index (χ1v) is 11.9. The topological polar surface area (TPSA) is 84.9 Å². The number of hydrogen-bond acceptors (Lipinski definition) is 5. The van der Waals surface area contributed by atoms with E-state index in [1.54, 1.807) is 43.3 Å². The average Bonchev–Trinajstić information content (AvgIpc) is 2.79. The first kappa shape index (κ1) is 24.3. The van der Waals surface area contributed by atoms with Crippen LogP contribution in [0.15, 0.2) is 83.8 Å². The molecule has 0 aliphatic rings. The van der Waals surface area contributed by atoms with Crippen LogP contribution in [0, 0.1) is 6.92 Å². The van der Waals surface area contributed by atoms with Crippen molar-refractivity contribution in [1.82, 2.24) is 5.32 Å². The summed E-state index contributed by atoms with van der Waals surface area (Å²) in [6.07, 6.45) is 0. The van der Waals surface area contributed by atoms with Gasteiger partial charge < -0.3 is 14.8 Å². The molecule has 1 N–H and O–H groups in total. The lowest BCUT2D eigenvalue weighted by atomic mass is 10.2. The molecule has 0 fully saturated rings. The van der Waals surface area contributed by atoms with Gasteiger partial charge in [-0.1, -0.05) is 35.9 Å². The van der Waals surface area contributed by atoms with Crippen molar-refractivity contribution in [3.05, 3.63) is 84.4 Å². The maximum Gasteiger partial charge on any atom is 0.264 e. The minimum atomic E-state index is -3.99. The lowest BCUT2D eigenvalue weighted by Gasteiger charge is -2.25. The van der Waals surface area contributed by atoms with Gasteiger partial charge in [-0.05, 0) is 62.4 Å². The van der Waals surface area contributed by atoms with Crippen LogP contribution in [0.4, 0.5) is 5.69 Å². The molecule has 3 rings (SSSR count). The summed E-state index contributed by atoms with van der Waals surface area (Å²) in [5.74, 6) is 0.788. The monoisotopic (exact) mass is 468 g/mol. The van der Waals surface area contributed by atoms with Gasteiger partial charge in [0.2, 0.25) is 5.91 Å². The van der Waals surface area contributed by atoms with E-state index < -0.39 is 15.9 Å². The van der Waals surface area contributed by atoms with Crippen molar-refractivity contribution in [2.45, 2.75) is 24.8 Å². The number of amides is 1. The number of benzene rings is 3. The van der Waals surface area contributed by atoms with E-state index >= 15 is 0 Å². The molecule has 0 radical (unpaired) electrons. The number of para-hydroxylation sites is 1. The summed E-state index contributed by atoms with van der Waals surface area (Å²) in [5.41, 5.74) is 1.29. The molecule has 3 aromatic carbocycles. The van der Waals surface area contributed by atoms with E-state index in [4.69, 9.17) is 9.47 Å². The van der Waals surface area contributed by atoms with Crippen molar-refractivity contribution in [2.75, 3.05) is 24.6 Å². The summed E-state index contributed by atoms with van der Waals surface area (Å²) < 4.78 is 38.8. The quantitative estimate of drug-likeness (QED) is 0.484.